The molecule has 37 heavy (non-hydrogen) atoms. The quantitative estimate of drug-likeness (QED) is 0.146. The molecule has 8 heteroatoms. The first-order valence-corrected chi connectivity index (χ1v) is 14.1. The molecule has 1 amide bonds. The number of unbranched alkanes of at least 4 members (excludes halogenated alkanes) is 1. The monoisotopic (exact) mass is 536 g/mol. The number of hydrogen-bond acceptors (Lipinski definition) is 6. The van der Waals surface area contributed by atoms with Crippen LogP contribution in [0.3, 0.4) is 0 Å². The van der Waals surface area contributed by atoms with Gasteiger partial charge in [-0.1, -0.05) is 79.2 Å². The molecule has 0 radical (unpaired) electrons. The Morgan fingerprint density at radius 2 is 1.81 bits per heavy atom. The van der Waals surface area contributed by atoms with E-state index in [4.69, 9.17) is 16.6 Å². The van der Waals surface area contributed by atoms with E-state index in [9.17, 15) is 9.59 Å². The second kappa shape index (κ2) is 12.6. The summed E-state index contributed by atoms with van der Waals surface area (Å²) < 4.78 is 0. The summed E-state index contributed by atoms with van der Waals surface area (Å²) in [6, 6.07) is 19.5. The maximum absolute atomic E-state index is 12.7. The zero-order chi connectivity index (χ0) is 26.3. The minimum absolute atomic E-state index is 0.0520. The number of benzene rings is 2. The van der Waals surface area contributed by atoms with Gasteiger partial charge in [0.05, 0.1) is 5.41 Å². The molecule has 2 heterocycles. The Bertz CT molecular complexity index is 1230. The second-order valence-corrected chi connectivity index (χ2v) is 10.8. The fourth-order valence-corrected chi connectivity index (χ4v) is 5.79. The average Bonchev–Trinajstić information content (AvgIpc) is 2.92. The first-order chi connectivity index (χ1) is 17.9. The van der Waals surface area contributed by atoms with Gasteiger partial charge >= 0.3 is 0 Å². The van der Waals surface area contributed by atoms with Crippen molar-refractivity contribution < 1.29 is 9.59 Å². The lowest BCUT2D eigenvalue weighted by Crippen LogP contribution is -2.47. The van der Waals surface area contributed by atoms with Crippen molar-refractivity contribution in [2.24, 2.45) is 0 Å². The van der Waals surface area contributed by atoms with E-state index in [-0.39, 0.29) is 11.7 Å². The molecule has 0 bridgehead atoms. The molecule has 4 rings (SSSR count). The van der Waals surface area contributed by atoms with Gasteiger partial charge in [-0.2, -0.15) is 0 Å². The van der Waals surface area contributed by atoms with E-state index in [0.717, 1.165) is 42.6 Å². The summed E-state index contributed by atoms with van der Waals surface area (Å²) in [7, 11) is 0. The van der Waals surface area contributed by atoms with E-state index >= 15 is 0 Å². The molecule has 1 aliphatic rings. The van der Waals surface area contributed by atoms with Crippen molar-refractivity contribution in [1.29, 1.82) is 0 Å². The van der Waals surface area contributed by atoms with Crippen LogP contribution in [0.5, 0.6) is 0 Å². The first kappa shape index (κ1) is 27.1. The number of aromatic nitrogens is 2. The number of Topliss-reactive ketones (excluding diaryl/α,β-unsaturated/α-hetero) is 1. The summed E-state index contributed by atoms with van der Waals surface area (Å²) >= 11 is 7.87. The minimum Gasteiger partial charge on any atom is -0.356 e. The van der Waals surface area contributed by atoms with E-state index < -0.39 is 5.41 Å². The Labute approximate surface area is 228 Å². The number of rotatable bonds is 10. The van der Waals surface area contributed by atoms with Crippen LogP contribution in [0.4, 0.5) is 5.82 Å². The van der Waals surface area contributed by atoms with Gasteiger partial charge < -0.3 is 10.2 Å². The topological polar surface area (TPSA) is 75.2 Å². The molecule has 6 nitrogen and oxygen atoms in total. The van der Waals surface area contributed by atoms with Crippen LogP contribution in [0, 0.1) is 0 Å². The average molecular weight is 537 g/mol. The fourth-order valence-electron chi connectivity index (χ4n) is 4.76. The summed E-state index contributed by atoms with van der Waals surface area (Å²) in [4.78, 5) is 36.5. The molecule has 1 saturated heterocycles. The van der Waals surface area contributed by atoms with Crippen molar-refractivity contribution in [2.45, 2.75) is 55.9 Å². The van der Waals surface area contributed by atoms with Crippen LogP contribution in [-0.2, 0) is 16.0 Å². The maximum Gasteiger partial charge on any atom is 0.251 e. The minimum atomic E-state index is -0.458. The highest BCUT2D eigenvalue weighted by Gasteiger charge is 2.40. The molecule has 0 unspecified atom stereocenters. The summed E-state index contributed by atoms with van der Waals surface area (Å²) in [5, 5.41) is 3.94. The van der Waals surface area contributed by atoms with Crippen molar-refractivity contribution in [3.8, 4) is 0 Å². The number of ketones is 1. The molecular weight excluding hydrogens is 504 g/mol. The standard InChI is InChI=1S/C29H33ClN4O2S/c1-3-4-15-31-27(36)23-10-8-9-22(18-23)20-37-28-32-25(30)19-26(33-28)34-16-13-29(14-17-34,21(2)35)24-11-6-5-7-12-24/h5-12,18-19H,3-4,13-17,20H2,1-2H3,(H,31,36). The number of anilines is 1. The molecule has 1 fully saturated rings. The van der Waals surface area contributed by atoms with Crippen molar-refractivity contribution in [3.63, 3.8) is 0 Å². The van der Waals surface area contributed by atoms with Crippen molar-refractivity contribution >= 4 is 40.9 Å². The van der Waals surface area contributed by atoms with Crippen LogP contribution in [0.25, 0.3) is 0 Å². The lowest BCUT2D eigenvalue weighted by molar-refractivity contribution is -0.123. The molecule has 1 aromatic heterocycles. The normalized spacial score (nSPS) is 14.8. The number of thioether (sulfide) groups is 1. The van der Waals surface area contributed by atoms with Gasteiger partial charge in [0.15, 0.2) is 5.16 Å². The van der Waals surface area contributed by atoms with Crippen LogP contribution >= 0.6 is 23.4 Å². The Kier molecular flexibility index (Phi) is 9.22. The van der Waals surface area contributed by atoms with Crippen LogP contribution in [0.2, 0.25) is 5.15 Å². The van der Waals surface area contributed by atoms with Crippen molar-refractivity contribution in [1.82, 2.24) is 15.3 Å². The SMILES string of the molecule is CCCCNC(=O)c1cccc(CSc2nc(Cl)cc(N3CCC(C(C)=O)(c4ccccc4)CC3)n2)c1. The fraction of sp³-hybridized carbons (Fsp3) is 0.379. The molecular formula is C29H33ClN4O2S. The van der Waals surface area contributed by atoms with E-state index in [1.807, 2.05) is 42.5 Å². The third-order valence-electron chi connectivity index (χ3n) is 6.98. The highest BCUT2D eigenvalue weighted by atomic mass is 35.5. The number of halogens is 1. The van der Waals surface area contributed by atoms with Gasteiger partial charge in [0, 0.05) is 37.0 Å². The number of amides is 1. The Morgan fingerprint density at radius 3 is 2.51 bits per heavy atom. The lowest BCUT2D eigenvalue weighted by atomic mass is 9.70. The summed E-state index contributed by atoms with van der Waals surface area (Å²) in [6.07, 6.45) is 3.46. The number of hydrogen-bond donors (Lipinski definition) is 1. The highest BCUT2D eigenvalue weighted by Crippen LogP contribution is 2.38. The molecule has 0 aliphatic carbocycles. The van der Waals surface area contributed by atoms with E-state index in [1.54, 1.807) is 13.0 Å². The van der Waals surface area contributed by atoms with Crippen LogP contribution < -0.4 is 10.2 Å². The number of carbonyl (C=O) groups excluding carboxylic acids is 2. The van der Waals surface area contributed by atoms with Crippen molar-refractivity contribution in [2.75, 3.05) is 24.5 Å². The number of piperidine rings is 1. The lowest BCUT2D eigenvalue weighted by Gasteiger charge is -2.41. The third-order valence-corrected chi connectivity index (χ3v) is 8.09. The third kappa shape index (κ3) is 6.70. The van der Waals surface area contributed by atoms with Crippen molar-refractivity contribution in [3.05, 3.63) is 82.5 Å². The smallest absolute Gasteiger partial charge is 0.251 e. The highest BCUT2D eigenvalue weighted by molar-refractivity contribution is 7.98. The Hall–Kier alpha value is -2.90. The van der Waals surface area contributed by atoms with Gasteiger partial charge in [-0.05, 0) is 49.4 Å². The van der Waals surface area contributed by atoms with Gasteiger partial charge in [-0.15, -0.1) is 0 Å². The predicted molar refractivity (Wildman–Crippen MR) is 151 cm³/mol. The number of carbonyl (C=O) groups is 2. The predicted octanol–water partition coefficient (Wildman–Crippen LogP) is 6.08. The van der Waals surface area contributed by atoms with Gasteiger partial charge in [-0.3, -0.25) is 9.59 Å². The Morgan fingerprint density at radius 1 is 1.05 bits per heavy atom. The molecule has 1 N–H and O–H groups in total. The van der Waals surface area contributed by atoms with Gasteiger partial charge in [0.2, 0.25) is 0 Å². The summed E-state index contributed by atoms with van der Waals surface area (Å²) in [6.45, 7) is 5.90. The first-order valence-electron chi connectivity index (χ1n) is 12.8. The van der Waals surface area contributed by atoms with E-state index in [1.165, 1.54) is 11.8 Å². The van der Waals surface area contributed by atoms with Crippen LogP contribution in [0.1, 0.15) is 61.0 Å². The molecule has 194 valence electrons. The summed E-state index contributed by atoms with van der Waals surface area (Å²) in [5.74, 6) is 1.55. The van der Waals surface area contributed by atoms with Gasteiger partial charge in [0.25, 0.3) is 5.91 Å². The van der Waals surface area contributed by atoms with Crippen LogP contribution in [-0.4, -0.2) is 41.3 Å². The van der Waals surface area contributed by atoms with Gasteiger partial charge in [0.1, 0.15) is 16.8 Å². The molecule has 0 spiro atoms. The molecule has 0 atom stereocenters. The second-order valence-electron chi connectivity index (χ2n) is 9.42. The zero-order valence-electron chi connectivity index (χ0n) is 21.4. The van der Waals surface area contributed by atoms with Crippen LogP contribution in [0.15, 0.2) is 65.8 Å². The molecule has 3 aromatic rings. The molecule has 0 saturated carbocycles. The largest absolute Gasteiger partial charge is 0.356 e. The molecule has 1 aliphatic heterocycles. The number of nitrogens with one attached hydrogen (secondary N) is 1. The Balaban J connectivity index is 1.42. The molecule has 2 aromatic carbocycles. The van der Waals surface area contributed by atoms with Gasteiger partial charge in [-0.25, -0.2) is 9.97 Å². The zero-order valence-corrected chi connectivity index (χ0v) is 22.9. The summed E-state index contributed by atoms with van der Waals surface area (Å²) in [5.41, 5.74) is 2.30. The number of nitrogens with zero attached hydrogens (tertiary/aromatic N) is 3. The maximum atomic E-state index is 12.7. The van der Waals surface area contributed by atoms with E-state index in [0.29, 0.717) is 41.3 Å². The van der Waals surface area contributed by atoms with E-state index in [2.05, 4.69) is 34.3 Å².